The Hall–Kier alpha value is -2.58. The molecule has 7 nitrogen and oxygen atoms in total. The number of hydrogen-bond acceptors (Lipinski definition) is 5. The predicted molar refractivity (Wildman–Crippen MR) is 83.2 cm³/mol. The minimum atomic E-state index is -3.83. The SMILES string of the molecule is NS(=O)(=O)c1cccc(NC(=O)c2ccc3c(c2)OCCO3)c1. The van der Waals surface area contributed by atoms with Gasteiger partial charge in [-0.25, -0.2) is 13.6 Å². The van der Waals surface area contributed by atoms with E-state index in [2.05, 4.69) is 5.32 Å². The van der Waals surface area contributed by atoms with E-state index in [9.17, 15) is 13.2 Å². The van der Waals surface area contributed by atoms with Crippen LogP contribution in [-0.2, 0) is 10.0 Å². The van der Waals surface area contributed by atoms with Crippen LogP contribution < -0.4 is 19.9 Å². The molecule has 0 atom stereocenters. The number of nitrogens with one attached hydrogen (secondary N) is 1. The third-order valence-electron chi connectivity index (χ3n) is 3.22. The number of carbonyl (C=O) groups is 1. The highest BCUT2D eigenvalue weighted by Crippen LogP contribution is 2.31. The first kappa shape index (κ1) is 15.3. The van der Waals surface area contributed by atoms with Gasteiger partial charge in [0.2, 0.25) is 10.0 Å². The van der Waals surface area contributed by atoms with Crippen molar-refractivity contribution in [2.45, 2.75) is 4.90 Å². The van der Waals surface area contributed by atoms with Gasteiger partial charge in [-0.1, -0.05) is 6.07 Å². The zero-order chi connectivity index (χ0) is 16.4. The topological polar surface area (TPSA) is 108 Å². The van der Waals surface area contributed by atoms with Crippen LogP contribution in [0.15, 0.2) is 47.4 Å². The second kappa shape index (κ2) is 5.90. The largest absolute Gasteiger partial charge is 0.486 e. The molecule has 120 valence electrons. The van der Waals surface area contributed by atoms with E-state index in [1.165, 1.54) is 18.2 Å². The summed E-state index contributed by atoms with van der Waals surface area (Å²) < 4.78 is 33.5. The third-order valence-corrected chi connectivity index (χ3v) is 4.14. The lowest BCUT2D eigenvalue weighted by molar-refractivity contribution is 0.102. The average Bonchev–Trinajstić information content (AvgIpc) is 2.54. The fourth-order valence-electron chi connectivity index (χ4n) is 2.14. The van der Waals surface area contributed by atoms with E-state index in [1.54, 1.807) is 24.3 Å². The second-order valence-corrected chi connectivity index (χ2v) is 6.45. The molecule has 0 aromatic heterocycles. The van der Waals surface area contributed by atoms with Gasteiger partial charge in [-0.15, -0.1) is 0 Å². The first-order valence-electron chi connectivity index (χ1n) is 6.77. The molecule has 2 aromatic carbocycles. The van der Waals surface area contributed by atoms with Crippen LogP contribution in [0.25, 0.3) is 0 Å². The second-order valence-electron chi connectivity index (χ2n) is 4.89. The molecule has 0 saturated carbocycles. The molecule has 3 N–H and O–H groups in total. The number of nitrogens with two attached hydrogens (primary N) is 1. The van der Waals surface area contributed by atoms with E-state index in [0.29, 0.717) is 36.0 Å². The number of carbonyl (C=O) groups excluding carboxylic acids is 1. The normalized spacial score (nSPS) is 13.4. The third kappa shape index (κ3) is 3.43. The molecule has 0 radical (unpaired) electrons. The van der Waals surface area contributed by atoms with E-state index in [-0.39, 0.29) is 4.90 Å². The molecule has 8 heteroatoms. The minimum Gasteiger partial charge on any atom is -0.486 e. The number of sulfonamides is 1. The summed E-state index contributed by atoms with van der Waals surface area (Å²) in [5.41, 5.74) is 0.701. The fourth-order valence-corrected chi connectivity index (χ4v) is 2.70. The van der Waals surface area contributed by atoms with Crippen molar-refractivity contribution in [3.8, 4) is 11.5 Å². The van der Waals surface area contributed by atoms with Gasteiger partial charge in [-0.05, 0) is 36.4 Å². The molecule has 3 rings (SSSR count). The van der Waals surface area contributed by atoms with E-state index in [4.69, 9.17) is 14.6 Å². The summed E-state index contributed by atoms with van der Waals surface area (Å²) in [5.74, 6) is 0.694. The van der Waals surface area contributed by atoms with E-state index in [0.717, 1.165) is 0 Å². The first-order valence-corrected chi connectivity index (χ1v) is 8.32. The van der Waals surface area contributed by atoms with Gasteiger partial charge in [0, 0.05) is 11.3 Å². The predicted octanol–water partition coefficient (Wildman–Crippen LogP) is 1.36. The van der Waals surface area contributed by atoms with Gasteiger partial charge < -0.3 is 14.8 Å². The van der Waals surface area contributed by atoms with Crippen LogP contribution in [0.4, 0.5) is 5.69 Å². The van der Waals surface area contributed by atoms with Gasteiger partial charge in [-0.2, -0.15) is 0 Å². The lowest BCUT2D eigenvalue weighted by atomic mass is 10.1. The monoisotopic (exact) mass is 334 g/mol. The van der Waals surface area contributed by atoms with Gasteiger partial charge in [0.1, 0.15) is 13.2 Å². The molecule has 1 aliphatic heterocycles. The Morgan fingerprint density at radius 1 is 1.04 bits per heavy atom. The van der Waals surface area contributed by atoms with Gasteiger partial charge in [0.15, 0.2) is 11.5 Å². The molecule has 0 fully saturated rings. The van der Waals surface area contributed by atoms with Crippen molar-refractivity contribution in [3.63, 3.8) is 0 Å². The molecule has 0 bridgehead atoms. The van der Waals surface area contributed by atoms with Gasteiger partial charge in [0.05, 0.1) is 4.90 Å². The Kier molecular flexibility index (Phi) is 3.93. The lowest BCUT2D eigenvalue weighted by Crippen LogP contribution is -2.17. The van der Waals surface area contributed by atoms with Crippen LogP contribution in [0, 0.1) is 0 Å². The Morgan fingerprint density at radius 2 is 1.78 bits per heavy atom. The molecular formula is C15H14N2O5S. The molecule has 1 amide bonds. The summed E-state index contributed by atoms with van der Waals surface area (Å²) in [7, 11) is -3.83. The smallest absolute Gasteiger partial charge is 0.255 e. The quantitative estimate of drug-likeness (QED) is 0.881. The average molecular weight is 334 g/mol. The molecule has 1 heterocycles. The van der Waals surface area contributed by atoms with Crippen LogP contribution >= 0.6 is 0 Å². The summed E-state index contributed by atoms with van der Waals surface area (Å²) in [6.45, 7) is 0.896. The first-order chi connectivity index (χ1) is 10.9. The number of hydrogen-bond donors (Lipinski definition) is 2. The number of benzene rings is 2. The van der Waals surface area contributed by atoms with Crippen molar-refractivity contribution in [1.29, 1.82) is 0 Å². The van der Waals surface area contributed by atoms with Crippen LogP contribution in [0.3, 0.4) is 0 Å². The molecule has 23 heavy (non-hydrogen) atoms. The van der Waals surface area contributed by atoms with Crippen molar-refractivity contribution in [3.05, 3.63) is 48.0 Å². The lowest BCUT2D eigenvalue weighted by Gasteiger charge is -2.18. The zero-order valence-electron chi connectivity index (χ0n) is 12.0. The Bertz CT molecular complexity index is 864. The molecule has 2 aromatic rings. The highest BCUT2D eigenvalue weighted by Gasteiger charge is 2.15. The van der Waals surface area contributed by atoms with Crippen molar-refractivity contribution >= 4 is 21.6 Å². The van der Waals surface area contributed by atoms with E-state index < -0.39 is 15.9 Å². The summed E-state index contributed by atoms with van der Waals surface area (Å²) in [4.78, 5) is 12.2. The summed E-state index contributed by atoms with van der Waals surface area (Å²) in [6.07, 6.45) is 0. The number of anilines is 1. The summed E-state index contributed by atoms with van der Waals surface area (Å²) in [5, 5.41) is 7.70. The van der Waals surface area contributed by atoms with Crippen LogP contribution in [-0.4, -0.2) is 27.5 Å². The van der Waals surface area contributed by atoms with E-state index >= 15 is 0 Å². The van der Waals surface area contributed by atoms with Gasteiger partial charge >= 0.3 is 0 Å². The number of primary sulfonamides is 1. The Labute approximate surface area is 133 Å². The molecule has 1 aliphatic rings. The number of ether oxygens (including phenoxy) is 2. The molecule has 0 saturated heterocycles. The van der Waals surface area contributed by atoms with Gasteiger partial charge in [0.25, 0.3) is 5.91 Å². The van der Waals surface area contributed by atoms with Crippen molar-refractivity contribution in [2.24, 2.45) is 5.14 Å². The number of amides is 1. The van der Waals surface area contributed by atoms with Crippen molar-refractivity contribution < 1.29 is 22.7 Å². The molecule has 0 unspecified atom stereocenters. The zero-order valence-corrected chi connectivity index (χ0v) is 12.8. The van der Waals surface area contributed by atoms with E-state index in [1.807, 2.05) is 0 Å². The summed E-state index contributed by atoms with van der Waals surface area (Å²) >= 11 is 0. The standard InChI is InChI=1S/C15H14N2O5S/c16-23(19,20)12-3-1-2-11(9-12)17-15(18)10-4-5-13-14(8-10)22-7-6-21-13/h1-5,8-9H,6-7H2,(H,17,18)(H2,16,19,20). The highest BCUT2D eigenvalue weighted by atomic mass is 32.2. The molecule has 0 aliphatic carbocycles. The maximum absolute atomic E-state index is 12.3. The van der Waals surface area contributed by atoms with Crippen molar-refractivity contribution in [2.75, 3.05) is 18.5 Å². The highest BCUT2D eigenvalue weighted by molar-refractivity contribution is 7.89. The van der Waals surface area contributed by atoms with Crippen LogP contribution in [0.5, 0.6) is 11.5 Å². The molecular weight excluding hydrogens is 320 g/mol. The maximum atomic E-state index is 12.3. The van der Waals surface area contributed by atoms with Crippen molar-refractivity contribution in [1.82, 2.24) is 0 Å². The summed E-state index contributed by atoms with van der Waals surface area (Å²) in [6, 6.07) is 10.6. The minimum absolute atomic E-state index is 0.0718. The van der Waals surface area contributed by atoms with Crippen LogP contribution in [0.2, 0.25) is 0 Å². The Morgan fingerprint density at radius 3 is 2.52 bits per heavy atom. The Balaban J connectivity index is 1.82. The number of fused-ring (bicyclic) bond motifs is 1. The number of rotatable bonds is 3. The van der Waals surface area contributed by atoms with Gasteiger partial charge in [-0.3, -0.25) is 4.79 Å². The fraction of sp³-hybridized carbons (Fsp3) is 0.133. The van der Waals surface area contributed by atoms with Crippen LogP contribution in [0.1, 0.15) is 10.4 Å². The maximum Gasteiger partial charge on any atom is 0.255 e. The molecule has 0 spiro atoms.